The quantitative estimate of drug-likeness (QED) is 0.438. The van der Waals surface area contributed by atoms with Gasteiger partial charge in [-0.2, -0.15) is 0 Å². The van der Waals surface area contributed by atoms with E-state index in [2.05, 4.69) is 14.9 Å². The largest absolute Gasteiger partial charge is 0.349 e. The lowest BCUT2D eigenvalue weighted by Gasteiger charge is -2.32. The Morgan fingerprint density at radius 3 is 2.78 bits per heavy atom. The van der Waals surface area contributed by atoms with Crippen LogP contribution in [0.3, 0.4) is 0 Å². The fraction of sp³-hybridized carbons (Fsp3) is 0.174. The van der Waals surface area contributed by atoms with E-state index in [0.717, 1.165) is 36.7 Å². The number of hydrogen-bond donors (Lipinski definition) is 0. The Morgan fingerprint density at radius 2 is 1.94 bits per heavy atom. The highest BCUT2D eigenvalue weighted by molar-refractivity contribution is 5.76. The number of hydrogen-bond acceptors (Lipinski definition) is 5. The molecule has 2 aromatic heterocycles. The predicted molar refractivity (Wildman–Crippen MR) is 112 cm³/mol. The van der Waals surface area contributed by atoms with Gasteiger partial charge in [0, 0.05) is 43.0 Å². The van der Waals surface area contributed by atoms with Gasteiger partial charge in [-0.25, -0.2) is 23.1 Å². The lowest BCUT2D eigenvalue weighted by atomic mass is 10.1. The average molecular weight is 434 g/mol. The first-order valence-electron chi connectivity index (χ1n) is 10.2. The molecule has 0 N–H and O–H groups in total. The van der Waals surface area contributed by atoms with Crippen molar-refractivity contribution in [2.45, 2.75) is 19.0 Å². The van der Waals surface area contributed by atoms with Crippen LogP contribution in [0.15, 0.2) is 67.1 Å². The lowest BCUT2D eigenvalue weighted by Crippen LogP contribution is -2.31. The van der Waals surface area contributed by atoms with E-state index in [0.29, 0.717) is 22.9 Å². The Morgan fingerprint density at radius 1 is 1.03 bits per heavy atom. The molecule has 4 aromatic rings. The Kier molecular flexibility index (Phi) is 4.17. The Hall–Kier alpha value is -3.88. The van der Waals surface area contributed by atoms with Crippen LogP contribution in [0.1, 0.15) is 24.6 Å². The molecule has 0 aliphatic carbocycles. The first-order valence-corrected chi connectivity index (χ1v) is 10.2. The van der Waals surface area contributed by atoms with Gasteiger partial charge in [-0.15, -0.1) is 0 Å². The Balaban J connectivity index is 1.48. The van der Waals surface area contributed by atoms with Crippen molar-refractivity contribution in [1.82, 2.24) is 24.4 Å². The number of rotatable bonds is 3. The van der Waals surface area contributed by atoms with Gasteiger partial charge in [0.15, 0.2) is 17.5 Å². The van der Waals surface area contributed by atoms with Crippen molar-refractivity contribution in [2.24, 2.45) is 0 Å². The van der Waals surface area contributed by atoms with E-state index in [1.54, 1.807) is 40.6 Å². The number of nitrogens with zero attached hydrogens (tertiary/aromatic N) is 6. The second-order valence-corrected chi connectivity index (χ2v) is 7.87. The number of halogens is 3. The molecule has 6 rings (SSSR count). The van der Waals surface area contributed by atoms with E-state index in [1.807, 2.05) is 18.2 Å². The molecule has 1 atom stereocenters. The maximum absolute atomic E-state index is 14.7. The van der Waals surface area contributed by atoms with Crippen LogP contribution in [-0.4, -0.2) is 31.0 Å². The van der Waals surface area contributed by atoms with Gasteiger partial charge in [0.2, 0.25) is 0 Å². The van der Waals surface area contributed by atoms with Crippen molar-refractivity contribution in [2.75, 3.05) is 11.4 Å². The molecule has 2 aliphatic rings. The molecular formula is C23H17F3N6. The van der Waals surface area contributed by atoms with Crippen molar-refractivity contribution in [3.63, 3.8) is 0 Å². The molecule has 160 valence electrons. The molecule has 0 radical (unpaired) electrons. The van der Waals surface area contributed by atoms with Gasteiger partial charge >= 0.3 is 0 Å². The van der Waals surface area contributed by atoms with Crippen LogP contribution >= 0.6 is 0 Å². The highest BCUT2D eigenvalue weighted by Crippen LogP contribution is 2.44. The minimum Gasteiger partial charge on any atom is -0.349 e. The van der Waals surface area contributed by atoms with Crippen LogP contribution in [0.2, 0.25) is 0 Å². The molecule has 2 aliphatic heterocycles. The van der Waals surface area contributed by atoms with Crippen molar-refractivity contribution >= 4 is 16.7 Å². The summed E-state index contributed by atoms with van der Waals surface area (Å²) in [5.74, 6) is -2.48. The van der Waals surface area contributed by atoms with Gasteiger partial charge in [-0.1, -0.05) is 6.07 Å². The van der Waals surface area contributed by atoms with Crippen LogP contribution in [0.25, 0.3) is 16.9 Å². The van der Waals surface area contributed by atoms with Crippen molar-refractivity contribution in [1.29, 1.82) is 0 Å². The summed E-state index contributed by atoms with van der Waals surface area (Å²) in [6.07, 6.45) is 9.88. The molecular weight excluding hydrogens is 417 g/mol. The highest BCUT2D eigenvalue weighted by atomic mass is 19.2. The summed E-state index contributed by atoms with van der Waals surface area (Å²) in [7, 11) is 0. The smallest absolute Gasteiger partial charge is 0.182 e. The second-order valence-electron chi connectivity index (χ2n) is 7.87. The van der Waals surface area contributed by atoms with Crippen molar-refractivity contribution in [3.8, 4) is 5.82 Å². The average Bonchev–Trinajstić information content (AvgIpc) is 3.53. The third kappa shape index (κ3) is 2.92. The van der Waals surface area contributed by atoms with E-state index < -0.39 is 23.6 Å². The van der Waals surface area contributed by atoms with E-state index in [9.17, 15) is 13.2 Å². The van der Waals surface area contributed by atoms with Crippen LogP contribution in [0, 0.1) is 17.5 Å². The zero-order valence-electron chi connectivity index (χ0n) is 16.8. The number of benzene rings is 2. The molecule has 1 unspecified atom stereocenters. The van der Waals surface area contributed by atoms with Gasteiger partial charge in [0.25, 0.3) is 0 Å². The molecule has 6 nitrogen and oxygen atoms in total. The van der Waals surface area contributed by atoms with E-state index in [-0.39, 0.29) is 5.69 Å². The summed E-state index contributed by atoms with van der Waals surface area (Å²) in [6, 6.07) is 7.23. The molecule has 1 saturated heterocycles. The molecule has 2 aromatic carbocycles. The van der Waals surface area contributed by atoms with Gasteiger partial charge in [0.05, 0.1) is 22.9 Å². The molecule has 0 amide bonds. The third-order valence-corrected chi connectivity index (χ3v) is 5.92. The van der Waals surface area contributed by atoms with Crippen LogP contribution in [0.4, 0.5) is 18.9 Å². The van der Waals surface area contributed by atoms with Crippen molar-refractivity contribution < 1.29 is 13.2 Å². The first-order chi connectivity index (χ1) is 15.6. The monoisotopic (exact) mass is 434 g/mol. The van der Waals surface area contributed by atoms with Gasteiger partial charge in [-0.05, 0) is 30.5 Å². The topological polar surface area (TPSA) is 50.1 Å². The summed E-state index contributed by atoms with van der Waals surface area (Å²) in [6.45, 7) is 0.769. The predicted octanol–water partition coefficient (Wildman–Crippen LogP) is 4.69. The van der Waals surface area contributed by atoms with Gasteiger partial charge < -0.3 is 9.80 Å². The highest BCUT2D eigenvalue weighted by Gasteiger charge is 2.38. The summed E-state index contributed by atoms with van der Waals surface area (Å²) in [4.78, 5) is 16.9. The Bertz CT molecular complexity index is 1370. The first kappa shape index (κ1) is 18.9. The molecule has 4 heterocycles. The number of imidazole rings is 1. The molecule has 0 spiro atoms. The third-order valence-electron chi connectivity index (χ3n) is 5.92. The van der Waals surface area contributed by atoms with E-state index >= 15 is 0 Å². The van der Waals surface area contributed by atoms with Crippen LogP contribution < -0.4 is 4.90 Å². The summed E-state index contributed by atoms with van der Waals surface area (Å²) in [5, 5.41) is 0. The minimum atomic E-state index is -1.21. The molecule has 1 fully saturated rings. The number of fused-ring (bicyclic) bond motifs is 2. The van der Waals surface area contributed by atoms with Crippen molar-refractivity contribution in [3.05, 3.63) is 90.2 Å². The molecule has 9 heteroatoms. The normalized spacial score (nSPS) is 17.8. The molecule has 0 bridgehead atoms. The lowest BCUT2D eigenvalue weighted by molar-refractivity contribution is 0.317. The number of anilines is 1. The summed E-state index contributed by atoms with van der Waals surface area (Å²) >= 11 is 0. The fourth-order valence-corrected chi connectivity index (χ4v) is 4.49. The maximum atomic E-state index is 14.7. The van der Waals surface area contributed by atoms with Gasteiger partial charge in [0.1, 0.15) is 18.3 Å². The number of aromatic nitrogens is 4. The zero-order chi connectivity index (χ0) is 21.8. The summed E-state index contributed by atoms with van der Waals surface area (Å²) in [5.41, 5.74) is 3.07. The zero-order valence-corrected chi connectivity index (χ0v) is 16.8. The van der Waals surface area contributed by atoms with E-state index in [1.165, 1.54) is 0 Å². The minimum absolute atomic E-state index is 0.132. The van der Waals surface area contributed by atoms with E-state index in [4.69, 9.17) is 4.98 Å². The molecule has 32 heavy (non-hydrogen) atoms. The SMILES string of the molecule is Fc1cc(F)c(F)c(N2C=C3CCCN3C2c2ccc3ncc(-n4ccnc4)nc3c2)c1. The fourth-order valence-electron chi connectivity index (χ4n) is 4.49. The molecule has 0 saturated carbocycles. The standard InChI is InChI=1S/C23H17F3N6/c24-15-9-17(25)22(26)20(10-15)32-12-16-2-1-6-31(16)23(32)14-3-4-18-19(8-14)29-21(11-28-18)30-7-5-27-13-30/h3-5,7-13,23H,1-2,6H2. The number of allylic oxidation sites excluding steroid dienone is 1. The maximum Gasteiger partial charge on any atom is 0.182 e. The van der Waals surface area contributed by atoms with Gasteiger partial charge in [-0.3, -0.25) is 9.55 Å². The Labute approximate surface area is 181 Å². The summed E-state index contributed by atoms with van der Waals surface area (Å²) < 4.78 is 44.4. The van der Waals surface area contributed by atoms with Crippen LogP contribution in [-0.2, 0) is 0 Å². The van der Waals surface area contributed by atoms with Crippen LogP contribution in [0.5, 0.6) is 0 Å². The second kappa shape index (κ2) is 7.08.